The second kappa shape index (κ2) is 8.60. The van der Waals surface area contributed by atoms with Gasteiger partial charge < -0.3 is 9.64 Å². The van der Waals surface area contributed by atoms with Gasteiger partial charge in [0.15, 0.2) is 0 Å². The predicted octanol–water partition coefficient (Wildman–Crippen LogP) is 1.75. The number of ether oxygens (including phenoxy) is 1. The van der Waals surface area contributed by atoms with Crippen molar-refractivity contribution < 1.29 is 14.3 Å². The molecule has 0 unspecified atom stereocenters. The van der Waals surface area contributed by atoms with Crippen molar-refractivity contribution in [1.82, 2.24) is 14.5 Å². The van der Waals surface area contributed by atoms with E-state index in [0.29, 0.717) is 17.4 Å². The third kappa shape index (κ3) is 4.68. The van der Waals surface area contributed by atoms with Gasteiger partial charge in [0.25, 0.3) is 5.56 Å². The number of amides is 1. The summed E-state index contributed by atoms with van der Waals surface area (Å²) in [5.41, 5.74) is 1.31. The number of carbonyl (C=O) groups excluding carboxylic acids is 2. The molecule has 7 heteroatoms. The fraction of sp³-hybridized carbons (Fsp3) is 0.474. The zero-order valence-corrected chi connectivity index (χ0v) is 15.7. The lowest BCUT2D eigenvalue weighted by Crippen LogP contribution is -2.40. The molecule has 2 rings (SSSR count). The molecule has 140 valence electrons. The first-order valence-electron chi connectivity index (χ1n) is 8.62. The zero-order chi connectivity index (χ0) is 19.3. The van der Waals surface area contributed by atoms with Crippen molar-refractivity contribution in [1.29, 1.82) is 0 Å². The van der Waals surface area contributed by atoms with Crippen LogP contribution in [0, 0.1) is 12.8 Å². The van der Waals surface area contributed by atoms with Crippen LogP contribution in [0.25, 0.3) is 10.9 Å². The predicted molar refractivity (Wildman–Crippen MR) is 98.8 cm³/mol. The molecule has 26 heavy (non-hydrogen) atoms. The largest absolute Gasteiger partial charge is 0.469 e. The quantitative estimate of drug-likeness (QED) is 0.704. The van der Waals surface area contributed by atoms with Crippen LogP contribution in [0.15, 0.2) is 29.3 Å². The minimum atomic E-state index is -0.369. The van der Waals surface area contributed by atoms with E-state index in [1.165, 1.54) is 18.0 Å². The lowest BCUT2D eigenvalue weighted by molar-refractivity contribution is -0.142. The van der Waals surface area contributed by atoms with E-state index in [1.807, 2.05) is 26.8 Å². The molecule has 1 amide bonds. The molecule has 1 heterocycles. The molecule has 0 aliphatic heterocycles. The summed E-state index contributed by atoms with van der Waals surface area (Å²) >= 11 is 0. The van der Waals surface area contributed by atoms with Gasteiger partial charge in [0, 0.05) is 13.1 Å². The highest BCUT2D eigenvalue weighted by atomic mass is 16.5. The summed E-state index contributed by atoms with van der Waals surface area (Å²) in [4.78, 5) is 42.6. The molecule has 1 aromatic carbocycles. The first kappa shape index (κ1) is 19.6. The Hall–Kier alpha value is -2.70. The second-order valence-electron chi connectivity index (χ2n) is 6.71. The number of nitrogens with zero attached hydrogens (tertiary/aromatic N) is 3. The number of benzene rings is 1. The molecule has 2 aromatic rings. The lowest BCUT2D eigenvalue weighted by Gasteiger charge is -2.24. The molecule has 1 aromatic heterocycles. The van der Waals surface area contributed by atoms with Gasteiger partial charge in [-0.25, -0.2) is 4.98 Å². The number of methoxy groups -OCH3 is 1. The van der Waals surface area contributed by atoms with Gasteiger partial charge >= 0.3 is 5.97 Å². The van der Waals surface area contributed by atoms with Crippen LogP contribution in [0.5, 0.6) is 0 Å². The first-order chi connectivity index (χ1) is 12.3. The van der Waals surface area contributed by atoms with Crippen LogP contribution in [0.4, 0.5) is 0 Å². The number of para-hydroxylation sites is 1. The Labute approximate surface area is 152 Å². The minimum Gasteiger partial charge on any atom is -0.469 e. The van der Waals surface area contributed by atoms with Crippen molar-refractivity contribution in [3.8, 4) is 0 Å². The van der Waals surface area contributed by atoms with Crippen molar-refractivity contribution in [3.05, 3.63) is 40.4 Å². The SMILES string of the molecule is COC(=O)CCN(CC(C)C)C(=O)Cn1cnc2c(C)cccc2c1=O. The van der Waals surface area contributed by atoms with Crippen molar-refractivity contribution in [3.63, 3.8) is 0 Å². The van der Waals surface area contributed by atoms with E-state index in [9.17, 15) is 14.4 Å². The molecule has 7 nitrogen and oxygen atoms in total. The van der Waals surface area contributed by atoms with E-state index in [4.69, 9.17) is 0 Å². The summed E-state index contributed by atoms with van der Waals surface area (Å²) in [5, 5.41) is 0.491. The first-order valence-corrected chi connectivity index (χ1v) is 8.62. The van der Waals surface area contributed by atoms with Crippen LogP contribution in [0.1, 0.15) is 25.8 Å². The average Bonchev–Trinajstić information content (AvgIpc) is 2.60. The van der Waals surface area contributed by atoms with Crippen LogP contribution in [-0.4, -0.2) is 46.5 Å². The molecule has 0 fully saturated rings. The normalized spacial score (nSPS) is 11.0. The molecule has 0 atom stereocenters. The minimum absolute atomic E-state index is 0.108. The summed E-state index contributed by atoms with van der Waals surface area (Å²) in [6.07, 6.45) is 1.53. The van der Waals surface area contributed by atoms with Gasteiger partial charge in [0.2, 0.25) is 5.91 Å². The van der Waals surface area contributed by atoms with E-state index in [2.05, 4.69) is 9.72 Å². The average molecular weight is 359 g/mol. The summed E-state index contributed by atoms with van der Waals surface area (Å²) < 4.78 is 5.96. The van der Waals surface area contributed by atoms with Crippen molar-refractivity contribution in [2.45, 2.75) is 33.7 Å². The Morgan fingerprint density at radius 1 is 1.31 bits per heavy atom. The second-order valence-corrected chi connectivity index (χ2v) is 6.71. The van der Waals surface area contributed by atoms with Gasteiger partial charge in [-0.1, -0.05) is 26.0 Å². The van der Waals surface area contributed by atoms with Crippen molar-refractivity contribution >= 4 is 22.8 Å². The Bertz CT molecular complexity index is 857. The summed E-state index contributed by atoms with van der Waals surface area (Å²) in [6.45, 7) is 6.53. The Morgan fingerprint density at radius 2 is 2.04 bits per heavy atom. The third-order valence-corrected chi connectivity index (χ3v) is 4.11. The van der Waals surface area contributed by atoms with Gasteiger partial charge in [-0.05, 0) is 24.5 Å². The number of aromatic nitrogens is 2. The number of fused-ring (bicyclic) bond motifs is 1. The van der Waals surface area contributed by atoms with E-state index >= 15 is 0 Å². The van der Waals surface area contributed by atoms with Gasteiger partial charge in [0.1, 0.15) is 6.54 Å². The van der Waals surface area contributed by atoms with Gasteiger partial charge in [0.05, 0.1) is 30.8 Å². The summed E-state index contributed by atoms with van der Waals surface area (Å²) in [6, 6.07) is 5.40. The summed E-state index contributed by atoms with van der Waals surface area (Å²) in [7, 11) is 1.32. The maximum atomic E-state index is 12.7. The standard InChI is InChI=1S/C19H25N3O4/c1-13(2)10-21(9-8-17(24)26-4)16(23)11-22-12-20-18-14(3)6-5-7-15(18)19(22)25/h5-7,12-13H,8-11H2,1-4H3. The summed E-state index contributed by atoms with van der Waals surface area (Å²) in [5.74, 6) is -0.351. The molecule has 0 saturated heterocycles. The smallest absolute Gasteiger partial charge is 0.307 e. The lowest BCUT2D eigenvalue weighted by atomic mass is 10.1. The molecule has 0 saturated carbocycles. The highest BCUT2D eigenvalue weighted by Crippen LogP contribution is 2.11. The van der Waals surface area contributed by atoms with Crippen molar-refractivity contribution in [2.24, 2.45) is 5.92 Å². The van der Waals surface area contributed by atoms with Crippen molar-refractivity contribution in [2.75, 3.05) is 20.2 Å². The van der Waals surface area contributed by atoms with Gasteiger partial charge in [-0.3, -0.25) is 19.0 Å². The molecule has 0 radical (unpaired) electrons. The third-order valence-electron chi connectivity index (χ3n) is 4.11. The maximum Gasteiger partial charge on any atom is 0.307 e. The van der Waals surface area contributed by atoms with Crippen LogP contribution >= 0.6 is 0 Å². The molecule has 0 aliphatic rings. The number of carbonyl (C=O) groups is 2. The molecule has 0 N–H and O–H groups in total. The van der Waals surface area contributed by atoms with E-state index in [-0.39, 0.29) is 42.9 Å². The number of aryl methyl sites for hydroxylation is 1. The number of rotatable bonds is 7. The van der Waals surface area contributed by atoms with Gasteiger partial charge in [-0.2, -0.15) is 0 Å². The number of esters is 1. The highest BCUT2D eigenvalue weighted by Gasteiger charge is 2.18. The molecule has 0 bridgehead atoms. The molecule has 0 aliphatic carbocycles. The van der Waals surface area contributed by atoms with E-state index in [0.717, 1.165) is 5.56 Å². The van der Waals surface area contributed by atoms with Crippen LogP contribution in [0.2, 0.25) is 0 Å². The van der Waals surface area contributed by atoms with E-state index < -0.39 is 0 Å². The molecular formula is C19H25N3O4. The molecular weight excluding hydrogens is 334 g/mol. The monoisotopic (exact) mass is 359 g/mol. The zero-order valence-electron chi connectivity index (χ0n) is 15.7. The fourth-order valence-electron chi connectivity index (χ4n) is 2.78. The number of hydrogen-bond donors (Lipinski definition) is 0. The van der Waals surface area contributed by atoms with Crippen LogP contribution < -0.4 is 5.56 Å². The maximum absolute atomic E-state index is 12.7. The Kier molecular flexibility index (Phi) is 6.49. The van der Waals surface area contributed by atoms with Crippen LogP contribution in [-0.2, 0) is 20.9 Å². The van der Waals surface area contributed by atoms with E-state index in [1.54, 1.807) is 17.0 Å². The highest BCUT2D eigenvalue weighted by molar-refractivity contribution is 5.81. The molecule has 0 spiro atoms. The van der Waals surface area contributed by atoms with Gasteiger partial charge in [-0.15, -0.1) is 0 Å². The fourth-order valence-corrected chi connectivity index (χ4v) is 2.78. The Morgan fingerprint density at radius 3 is 2.69 bits per heavy atom. The topological polar surface area (TPSA) is 81.5 Å². The number of hydrogen-bond acceptors (Lipinski definition) is 5. The van der Waals surface area contributed by atoms with Crippen LogP contribution in [0.3, 0.4) is 0 Å². The Balaban J connectivity index is 2.22.